The molecule has 1 aliphatic heterocycles. The van der Waals surface area contributed by atoms with Crippen molar-refractivity contribution in [3.05, 3.63) is 101 Å². The summed E-state index contributed by atoms with van der Waals surface area (Å²) in [7, 11) is 0. The SMILES string of the molecule is Cc1ccc(C(=O)O)cc1C(=O)O.FC(F)(F)Oc1ccc2ncc3c(c2c1)NC(CCc1ccccc1)C3. The number of nitrogens with one attached hydrogen (secondary N) is 1. The summed E-state index contributed by atoms with van der Waals surface area (Å²) in [4.78, 5) is 25.5. The third-order valence-electron chi connectivity index (χ3n) is 6.31. The van der Waals surface area contributed by atoms with Gasteiger partial charge in [-0.2, -0.15) is 0 Å². The molecule has 0 amide bonds. The summed E-state index contributed by atoms with van der Waals surface area (Å²) in [5, 5.41) is 21.4. The van der Waals surface area contributed by atoms with E-state index in [2.05, 4.69) is 27.2 Å². The van der Waals surface area contributed by atoms with Gasteiger partial charge in [0, 0.05) is 23.3 Å². The van der Waals surface area contributed by atoms with E-state index in [4.69, 9.17) is 10.2 Å². The lowest BCUT2D eigenvalue weighted by Crippen LogP contribution is -2.17. The van der Waals surface area contributed by atoms with E-state index in [9.17, 15) is 22.8 Å². The molecule has 202 valence electrons. The first-order valence-corrected chi connectivity index (χ1v) is 12.1. The third kappa shape index (κ3) is 7.04. The number of carboxylic acid groups (broad SMARTS) is 2. The molecule has 0 spiro atoms. The highest BCUT2D eigenvalue weighted by molar-refractivity contribution is 5.95. The van der Waals surface area contributed by atoms with Crippen LogP contribution in [-0.2, 0) is 12.8 Å². The van der Waals surface area contributed by atoms with Crippen molar-refractivity contribution in [3.63, 3.8) is 0 Å². The van der Waals surface area contributed by atoms with E-state index < -0.39 is 18.3 Å². The largest absolute Gasteiger partial charge is 0.573 e. The van der Waals surface area contributed by atoms with Gasteiger partial charge in [0.05, 0.1) is 16.6 Å². The van der Waals surface area contributed by atoms with E-state index in [0.29, 0.717) is 16.5 Å². The number of aromatic nitrogens is 1. The van der Waals surface area contributed by atoms with Gasteiger partial charge in [0.15, 0.2) is 0 Å². The van der Waals surface area contributed by atoms with Crippen molar-refractivity contribution < 1.29 is 37.7 Å². The average Bonchev–Trinajstić information content (AvgIpc) is 3.31. The zero-order valence-corrected chi connectivity index (χ0v) is 20.8. The second kappa shape index (κ2) is 11.4. The van der Waals surface area contributed by atoms with Crippen LogP contribution in [-0.4, -0.2) is 39.5 Å². The molecule has 3 N–H and O–H groups in total. The number of rotatable bonds is 6. The summed E-state index contributed by atoms with van der Waals surface area (Å²) in [6, 6.07) is 18.7. The number of fused-ring (bicyclic) bond motifs is 3. The molecule has 0 bridgehead atoms. The molecule has 4 aromatic rings. The molecule has 1 unspecified atom stereocenters. The molecule has 5 rings (SSSR count). The van der Waals surface area contributed by atoms with Crippen LogP contribution in [0.2, 0.25) is 0 Å². The van der Waals surface area contributed by atoms with Gasteiger partial charge < -0.3 is 20.3 Å². The van der Waals surface area contributed by atoms with Gasteiger partial charge in [-0.3, -0.25) is 4.98 Å². The number of pyridine rings is 1. The zero-order valence-electron chi connectivity index (χ0n) is 20.8. The van der Waals surface area contributed by atoms with Crippen molar-refractivity contribution in [3.8, 4) is 5.75 Å². The van der Waals surface area contributed by atoms with E-state index in [1.54, 1.807) is 19.2 Å². The van der Waals surface area contributed by atoms with Crippen LogP contribution in [0.5, 0.6) is 5.75 Å². The summed E-state index contributed by atoms with van der Waals surface area (Å²) in [5.41, 5.74) is 4.38. The maximum Gasteiger partial charge on any atom is 0.573 e. The molecule has 0 saturated heterocycles. The lowest BCUT2D eigenvalue weighted by molar-refractivity contribution is -0.274. The minimum absolute atomic E-state index is 0.0111. The standard InChI is InChI=1S/C20H17F3N2O.C9H8O4/c21-20(22,23)26-16-8-9-18-17(11-16)19-14(12-24-18)10-15(25-19)7-6-13-4-2-1-3-5-13;1-5-2-3-6(8(10)11)4-7(5)9(12)13/h1-5,8-9,11-12,15,25H,6-7,10H2;2-4H,1H3,(H,10,11)(H,12,13). The summed E-state index contributed by atoms with van der Waals surface area (Å²) < 4.78 is 41.5. The van der Waals surface area contributed by atoms with Crippen LogP contribution >= 0.6 is 0 Å². The fourth-order valence-electron chi connectivity index (χ4n) is 4.40. The summed E-state index contributed by atoms with van der Waals surface area (Å²) in [6.07, 6.45) is -0.198. The van der Waals surface area contributed by atoms with Crippen molar-refractivity contribution in [1.82, 2.24) is 4.98 Å². The van der Waals surface area contributed by atoms with Crippen molar-refractivity contribution in [2.45, 2.75) is 38.6 Å². The first-order valence-electron chi connectivity index (χ1n) is 12.1. The molecule has 7 nitrogen and oxygen atoms in total. The van der Waals surface area contributed by atoms with E-state index in [1.165, 1.54) is 29.8 Å². The first kappa shape index (κ1) is 27.4. The molecule has 0 saturated carbocycles. The highest BCUT2D eigenvalue weighted by atomic mass is 19.4. The predicted octanol–water partition coefficient (Wildman–Crippen LogP) is 6.49. The Bertz CT molecular complexity index is 1510. The zero-order chi connectivity index (χ0) is 28.2. The van der Waals surface area contributed by atoms with Crippen LogP contribution in [0.25, 0.3) is 10.9 Å². The Labute approximate surface area is 221 Å². The van der Waals surface area contributed by atoms with Crippen molar-refractivity contribution in [2.24, 2.45) is 0 Å². The molecule has 39 heavy (non-hydrogen) atoms. The fraction of sp³-hybridized carbons (Fsp3) is 0.207. The fourth-order valence-corrected chi connectivity index (χ4v) is 4.40. The quantitative estimate of drug-likeness (QED) is 0.257. The van der Waals surface area contributed by atoms with Gasteiger partial charge in [-0.25, -0.2) is 9.59 Å². The minimum atomic E-state index is -4.70. The number of carboxylic acids is 2. The Hall–Kier alpha value is -4.60. The van der Waals surface area contributed by atoms with Gasteiger partial charge in [-0.15, -0.1) is 13.2 Å². The van der Waals surface area contributed by atoms with Gasteiger partial charge in [0.2, 0.25) is 0 Å². The van der Waals surface area contributed by atoms with Crippen LogP contribution in [0.4, 0.5) is 18.9 Å². The number of ether oxygens (including phenoxy) is 1. The van der Waals surface area contributed by atoms with Crippen LogP contribution in [0.3, 0.4) is 0 Å². The van der Waals surface area contributed by atoms with Crippen LogP contribution in [0.15, 0.2) is 72.9 Å². The van der Waals surface area contributed by atoms with E-state index in [0.717, 1.165) is 36.6 Å². The molecule has 2 heterocycles. The Morgan fingerprint density at radius 3 is 2.44 bits per heavy atom. The average molecular weight is 539 g/mol. The van der Waals surface area contributed by atoms with Gasteiger partial charge in [0.25, 0.3) is 0 Å². The van der Waals surface area contributed by atoms with Crippen LogP contribution in [0.1, 0.15) is 43.8 Å². The topological polar surface area (TPSA) is 109 Å². The summed E-state index contributed by atoms with van der Waals surface area (Å²) >= 11 is 0. The maximum atomic E-state index is 12.5. The highest BCUT2D eigenvalue weighted by Gasteiger charge is 2.31. The number of anilines is 1. The first-order chi connectivity index (χ1) is 18.5. The third-order valence-corrected chi connectivity index (χ3v) is 6.31. The Kier molecular flexibility index (Phi) is 8.04. The number of aromatic carboxylic acids is 2. The van der Waals surface area contributed by atoms with Crippen molar-refractivity contribution in [2.75, 3.05) is 5.32 Å². The van der Waals surface area contributed by atoms with Crippen molar-refractivity contribution >= 4 is 28.5 Å². The maximum absolute atomic E-state index is 12.5. The number of halogens is 3. The van der Waals surface area contributed by atoms with Crippen molar-refractivity contribution in [1.29, 1.82) is 0 Å². The van der Waals surface area contributed by atoms with Crippen LogP contribution < -0.4 is 10.1 Å². The summed E-state index contributed by atoms with van der Waals surface area (Å²) in [6.45, 7) is 1.62. The molecule has 1 atom stereocenters. The van der Waals surface area contributed by atoms with Gasteiger partial charge >= 0.3 is 18.3 Å². The lowest BCUT2D eigenvalue weighted by atomic mass is 10.0. The van der Waals surface area contributed by atoms with Gasteiger partial charge in [-0.1, -0.05) is 36.4 Å². The second-order valence-corrected chi connectivity index (χ2v) is 9.09. The number of carbonyl (C=O) groups is 2. The molecule has 1 aromatic heterocycles. The molecule has 0 fully saturated rings. The normalized spacial score (nSPS) is 14.1. The molecular weight excluding hydrogens is 513 g/mol. The number of hydrogen-bond acceptors (Lipinski definition) is 5. The van der Waals surface area contributed by atoms with Gasteiger partial charge in [0.1, 0.15) is 5.75 Å². The Morgan fingerprint density at radius 1 is 1.03 bits per heavy atom. The highest BCUT2D eigenvalue weighted by Crippen LogP contribution is 2.36. The smallest absolute Gasteiger partial charge is 0.478 e. The molecule has 3 aromatic carbocycles. The number of benzene rings is 3. The van der Waals surface area contributed by atoms with E-state index >= 15 is 0 Å². The molecule has 1 aliphatic rings. The molecule has 0 aliphatic carbocycles. The molecular formula is C29H25F3N2O5. The minimum Gasteiger partial charge on any atom is -0.478 e. The lowest BCUT2D eigenvalue weighted by Gasteiger charge is -2.13. The number of alkyl halides is 3. The number of nitrogens with zero attached hydrogens (tertiary/aromatic N) is 1. The Balaban J connectivity index is 0.000000229. The van der Waals surface area contributed by atoms with E-state index in [1.807, 2.05) is 18.2 Å². The molecule has 0 radical (unpaired) electrons. The monoisotopic (exact) mass is 538 g/mol. The number of aryl methyl sites for hydroxylation is 2. The molecule has 10 heteroatoms. The van der Waals surface area contributed by atoms with E-state index in [-0.39, 0.29) is 22.9 Å². The number of hydrogen-bond donors (Lipinski definition) is 3. The Morgan fingerprint density at radius 2 is 1.77 bits per heavy atom. The summed E-state index contributed by atoms with van der Waals surface area (Å²) in [5.74, 6) is -2.46. The van der Waals surface area contributed by atoms with Crippen LogP contribution in [0, 0.1) is 6.92 Å². The predicted molar refractivity (Wildman–Crippen MR) is 139 cm³/mol. The van der Waals surface area contributed by atoms with Gasteiger partial charge in [-0.05, 0) is 73.2 Å². The second-order valence-electron chi connectivity index (χ2n) is 9.09.